The number of benzene rings is 1. The van der Waals surface area contributed by atoms with E-state index in [2.05, 4.69) is 5.32 Å². The lowest BCUT2D eigenvalue weighted by atomic mass is 9.81. The number of hydrogen-bond acceptors (Lipinski definition) is 3. The molecule has 3 N–H and O–H groups in total. The van der Waals surface area contributed by atoms with Crippen LogP contribution in [-0.2, 0) is 4.79 Å². The minimum Gasteiger partial charge on any atom is -0.496 e. The third kappa shape index (κ3) is 4.11. The molecule has 0 spiro atoms. The summed E-state index contributed by atoms with van der Waals surface area (Å²) in [4.78, 5) is 12.5. The highest BCUT2D eigenvalue weighted by Crippen LogP contribution is 2.30. The zero-order valence-corrected chi connectivity index (χ0v) is 14.4. The zero-order valence-electron chi connectivity index (χ0n) is 13.6. The van der Waals surface area contributed by atoms with E-state index in [0.717, 1.165) is 0 Å². The number of nitrogens with two attached hydrogens (primary N) is 1. The van der Waals surface area contributed by atoms with Crippen molar-refractivity contribution >= 4 is 18.3 Å². The van der Waals surface area contributed by atoms with Gasteiger partial charge in [-0.15, -0.1) is 12.4 Å². The summed E-state index contributed by atoms with van der Waals surface area (Å²) in [6, 6.07) is 4.12. The van der Waals surface area contributed by atoms with Crippen LogP contribution in [0, 0.1) is 11.2 Å². The molecular weight excluding hydrogens is 307 g/mol. The highest BCUT2D eigenvalue weighted by Gasteiger charge is 2.34. The summed E-state index contributed by atoms with van der Waals surface area (Å²) in [5.74, 6) is -0.115. The van der Waals surface area contributed by atoms with E-state index in [0.29, 0.717) is 24.2 Å². The first-order valence-corrected chi connectivity index (χ1v) is 7.29. The van der Waals surface area contributed by atoms with Crippen molar-refractivity contribution in [3.05, 3.63) is 29.6 Å². The summed E-state index contributed by atoms with van der Waals surface area (Å²) in [5.41, 5.74) is 5.52. The van der Waals surface area contributed by atoms with Gasteiger partial charge >= 0.3 is 0 Å². The number of carbonyl (C=O) groups is 1. The summed E-state index contributed by atoms with van der Waals surface area (Å²) in [6.07, 6.45) is 1.29. The molecule has 0 aromatic heterocycles. The van der Waals surface area contributed by atoms with E-state index >= 15 is 0 Å². The number of rotatable bonds is 7. The van der Waals surface area contributed by atoms with Crippen LogP contribution in [0.5, 0.6) is 5.75 Å². The maximum atomic E-state index is 14.0. The highest BCUT2D eigenvalue weighted by molar-refractivity contribution is 5.85. The first kappa shape index (κ1) is 20.7. The average Bonchev–Trinajstić information content (AvgIpc) is 2.49. The number of hydrogen-bond donors (Lipinski definition) is 2. The summed E-state index contributed by atoms with van der Waals surface area (Å²) in [5, 5.41) is 2.87. The highest BCUT2D eigenvalue weighted by atomic mass is 35.5. The van der Waals surface area contributed by atoms with E-state index in [1.807, 2.05) is 13.8 Å². The van der Waals surface area contributed by atoms with E-state index in [4.69, 9.17) is 10.5 Å². The molecule has 126 valence electrons. The standard InChI is InChI=1S/C16H25FN2O2.ClH/c1-5-16(6-2,10-18)15(20)19-11(3)14-12(17)8-7-9-13(14)21-4;/h7-9,11H,5-6,10,18H2,1-4H3,(H,19,20);1H. The molecule has 6 heteroatoms. The van der Waals surface area contributed by atoms with E-state index in [1.165, 1.54) is 13.2 Å². The number of carbonyl (C=O) groups excluding carboxylic acids is 1. The first-order chi connectivity index (χ1) is 9.95. The van der Waals surface area contributed by atoms with Gasteiger partial charge in [-0.05, 0) is 31.9 Å². The fourth-order valence-electron chi connectivity index (χ4n) is 2.49. The Morgan fingerprint density at radius 2 is 2.00 bits per heavy atom. The predicted molar refractivity (Wildman–Crippen MR) is 88.8 cm³/mol. The van der Waals surface area contributed by atoms with Crippen molar-refractivity contribution in [2.24, 2.45) is 11.1 Å². The molecule has 0 fully saturated rings. The minimum atomic E-state index is -0.604. The van der Waals surface area contributed by atoms with Crippen molar-refractivity contribution in [3.63, 3.8) is 0 Å². The Morgan fingerprint density at radius 3 is 2.45 bits per heavy atom. The van der Waals surface area contributed by atoms with E-state index in [9.17, 15) is 9.18 Å². The molecule has 0 aliphatic carbocycles. The molecule has 1 unspecified atom stereocenters. The fourth-order valence-corrected chi connectivity index (χ4v) is 2.49. The molecule has 1 aromatic rings. The van der Waals surface area contributed by atoms with Crippen LogP contribution < -0.4 is 15.8 Å². The fraction of sp³-hybridized carbons (Fsp3) is 0.562. The van der Waals surface area contributed by atoms with E-state index in [1.54, 1.807) is 19.1 Å². The van der Waals surface area contributed by atoms with Crippen LogP contribution in [0.1, 0.15) is 45.2 Å². The lowest BCUT2D eigenvalue weighted by molar-refractivity contribution is -0.131. The third-order valence-electron chi connectivity index (χ3n) is 4.24. The molecule has 0 heterocycles. The lowest BCUT2D eigenvalue weighted by Gasteiger charge is -2.30. The maximum Gasteiger partial charge on any atom is 0.227 e. The van der Waals surface area contributed by atoms with Gasteiger partial charge < -0.3 is 15.8 Å². The second-order valence-corrected chi connectivity index (χ2v) is 5.24. The summed E-state index contributed by atoms with van der Waals surface area (Å²) < 4.78 is 19.2. The first-order valence-electron chi connectivity index (χ1n) is 7.29. The largest absolute Gasteiger partial charge is 0.496 e. The number of amides is 1. The van der Waals surface area contributed by atoms with Gasteiger partial charge in [-0.25, -0.2) is 4.39 Å². The topological polar surface area (TPSA) is 64.4 Å². The van der Waals surface area contributed by atoms with Gasteiger partial charge in [-0.2, -0.15) is 0 Å². The van der Waals surface area contributed by atoms with Gasteiger partial charge in [-0.1, -0.05) is 19.9 Å². The molecule has 1 atom stereocenters. The van der Waals surface area contributed by atoms with Gasteiger partial charge in [0.25, 0.3) is 0 Å². The molecular formula is C16H26ClFN2O2. The van der Waals surface area contributed by atoms with Crippen molar-refractivity contribution in [2.45, 2.75) is 39.7 Å². The minimum absolute atomic E-state index is 0. The molecule has 1 aromatic carbocycles. The van der Waals surface area contributed by atoms with E-state index < -0.39 is 17.3 Å². The quantitative estimate of drug-likeness (QED) is 0.806. The van der Waals surface area contributed by atoms with Crippen molar-refractivity contribution < 1.29 is 13.9 Å². The van der Waals surface area contributed by atoms with Crippen LogP contribution in [-0.4, -0.2) is 19.6 Å². The molecule has 0 saturated heterocycles. The van der Waals surface area contributed by atoms with Crippen LogP contribution in [0.3, 0.4) is 0 Å². The Balaban J connectivity index is 0.00000441. The van der Waals surface area contributed by atoms with Crippen LogP contribution in [0.15, 0.2) is 18.2 Å². The normalized spacial score (nSPS) is 12.3. The molecule has 0 radical (unpaired) electrons. The molecule has 22 heavy (non-hydrogen) atoms. The monoisotopic (exact) mass is 332 g/mol. The van der Waals surface area contributed by atoms with Crippen molar-refractivity contribution in [2.75, 3.05) is 13.7 Å². The summed E-state index contributed by atoms with van der Waals surface area (Å²) in [6.45, 7) is 5.88. The van der Waals surface area contributed by atoms with Crippen LogP contribution in [0.4, 0.5) is 4.39 Å². The van der Waals surface area contributed by atoms with Crippen molar-refractivity contribution in [3.8, 4) is 5.75 Å². The van der Waals surface area contributed by atoms with Gasteiger partial charge in [0.1, 0.15) is 11.6 Å². The van der Waals surface area contributed by atoms with Gasteiger partial charge in [0.05, 0.1) is 24.1 Å². The smallest absolute Gasteiger partial charge is 0.227 e. The third-order valence-corrected chi connectivity index (χ3v) is 4.24. The molecule has 1 rings (SSSR count). The van der Waals surface area contributed by atoms with Crippen LogP contribution >= 0.6 is 12.4 Å². The molecule has 0 saturated carbocycles. The Morgan fingerprint density at radius 1 is 1.41 bits per heavy atom. The molecule has 1 amide bonds. The molecule has 0 aliphatic rings. The molecule has 0 bridgehead atoms. The molecule has 4 nitrogen and oxygen atoms in total. The van der Waals surface area contributed by atoms with Crippen molar-refractivity contribution in [1.82, 2.24) is 5.32 Å². The number of methoxy groups -OCH3 is 1. The van der Waals surface area contributed by atoms with Crippen LogP contribution in [0.2, 0.25) is 0 Å². The van der Waals surface area contributed by atoms with Gasteiger partial charge in [0.2, 0.25) is 5.91 Å². The Labute approximate surface area is 138 Å². The second-order valence-electron chi connectivity index (χ2n) is 5.24. The van der Waals surface area contributed by atoms with Gasteiger partial charge in [-0.3, -0.25) is 4.79 Å². The van der Waals surface area contributed by atoms with Gasteiger partial charge in [0, 0.05) is 6.54 Å². The average molecular weight is 333 g/mol. The Kier molecular flexibility index (Phi) is 8.41. The predicted octanol–water partition coefficient (Wildman–Crippen LogP) is 3.20. The second kappa shape index (κ2) is 8.96. The summed E-state index contributed by atoms with van der Waals surface area (Å²) in [7, 11) is 1.48. The van der Waals surface area contributed by atoms with E-state index in [-0.39, 0.29) is 24.9 Å². The Bertz CT molecular complexity index is 485. The lowest BCUT2D eigenvalue weighted by Crippen LogP contribution is -2.46. The zero-order chi connectivity index (χ0) is 16.0. The maximum absolute atomic E-state index is 14.0. The van der Waals surface area contributed by atoms with Gasteiger partial charge in [0.15, 0.2) is 0 Å². The number of ether oxygens (including phenoxy) is 1. The summed E-state index contributed by atoms with van der Waals surface area (Å²) >= 11 is 0. The SMILES string of the molecule is CCC(CC)(CN)C(=O)NC(C)c1c(F)cccc1OC.Cl. The number of halogens is 2. The molecule has 0 aliphatic heterocycles. The van der Waals surface area contributed by atoms with Crippen molar-refractivity contribution in [1.29, 1.82) is 0 Å². The number of nitrogens with one attached hydrogen (secondary N) is 1. The van der Waals surface area contributed by atoms with Crippen LogP contribution in [0.25, 0.3) is 0 Å². The Hall–Kier alpha value is -1.33.